The van der Waals surface area contributed by atoms with Crippen molar-refractivity contribution in [3.8, 4) is 0 Å². The van der Waals surface area contributed by atoms with E-state index in [1.807, 2.05) is 24.0 Å². The Morgan fingerprint density at radius 3 is 3.09 bits per heavy atom. The van der Waals surface area contributed by atoms with E-state index in [2.05, 4.69) is 36.3 Å². The minimum atomic E-state index is 0. The summed E-state index contributed by atoms with van der Waals surface area (Å²) in [6, 6.07) is 4.47. The molecule has 8 heteroatoms. The number of nitrogens with one attached hydrogen (secondary N) is 2. The highest BCUT2D eigenvalue weighted by Gasteiger charge is 2.20. The summed E-state index contributed by atoms with van der Waals surface area (Å²) >= 11 is 0. The Morgan fingerprint density at radius 1 is 1.50 bits per heavy atom. The van der Waals surface area contributed by atoms with Crippen LogP contribution in [0.1, 0.15) is 17.9 Å². The highest BCUT2D eigenvalue weighted by Crippen LogP contribution is 2.11. The van der Waals surface area contributed by atoms with E-state index in [1.165, 1.54) is 5.69 Å². The molecule has 3 heterocycles. The van der Waals surface area contributed by atoms with Crippen LogP contribution in [-0.4, -0.2) is 38.4 Å². The Bertz CT molecular complexity index is 631. The highest BCUT2D eigenvalue weighted by molar-refractivity contribution is 14.0. The maximum absolute atomic E-state index is 4.29. The highest BCUT2D eigenvalue weighted by atomic mass is 127. The van der Waals surface area contributed by atoms with Crippen molar-refractivity contribution < 1.29 is 0 Å². The third-order valence-electron chi connectivity index (χ3n) is 3.86. The topological polar surface area (TPSA) is 72.1 Å². The van der Waals surface area contributed by atoms with Crippen molar-refractivity contribution in [1.29, 1.82) is 0 Å². The molecule has 2 aromatic heterocycles. The van der Waals surface area contributed by atoms with Crippen LogP contribution in [0.3, 0.4) is 0 Å². The zero-order valence-corrected chi connectivity index (χ0v) is 15.2. The number of halogens is 1. The molecular formula is C14H22IN7. The van der Waals surface area contributed by atoms with Gasteiger partial charge in [0.25, 0.3) is 0 Å². The van der Waals surface area contributed by atoms with Gasteiger partial charge >= 0.3 is 0 Å². The number of guanidine groups is 1. The SMILES string of the molecule is CN=C(NCc1cccn1C)NC1CCc2ncnn2C1.I. The minimum absolute atomic E-state index is 0. The Morgan fingerprint density at radius 2 is 2.36 bits per heavy atom. The lowest BCUT2D eigenvalue weighted by atomic mass is 10.1. The fraction of sp³-hybridized carbons (Fsp3) is 0.500. The normalized spacial score (nSPS) is 17.5. The lowest BCUT2D eigenvalue weighted by molar-refractivity contribution is 0.392. The van der Waals surface area contributed by atoms with E-state index in [-0.39, 0.29) is 24.0 Å². The number of rotatable bonds is 3. The summed E-state index contributed by atoms with van der Waals surface area (Å²) in [6.07, 6.45) is 5.66. The number of hydrogen-bond acceptors (Lipinski definition) is 3. The molecule has 0 saturated heterocycles. The van der Waals surface area contributed by atoms with Gasteiger partial charge in [-0.15, -0.1) is 24.0 Å². The Hall–Kier alpha value is -1.58. The lowest BCUT2D eigenvalue weighted by Crippen LogP contribution is -2.46. The Labute approximate surface area is 147 Å². The van der Waals surface area contributed by atoms with E-state index < -0.39 is 0 Å². The van der Waals surface area contributed by atoms with Gasteiger partial charge in [0, 0.05) is 38.4 Å². The smallest absolute Gasteiger partial charge is 0.191 e. The molecule has 22 heavy (non-hydrogen) atoms. The Kier molecular flexibility index (Phi) is 5.81. The molecule has 7 nitrogen and oxygen atoms in total. The van der Waals surface area contributed by atoms with Gasteiger partial charge in [-0.3, -0.25) is 4.99 Å². The van der Waals surface area contributed by atoms with Gasteiger partial charge in [0.15, 0.2) is 5.96 Å². The van der Waals surface area contributed by atoms with Gasteiger partial charge in [0.1, 0.15) is 12.2 Å². The van der Waals surface area contributed by atoms with Gasteiger partial charge in [-0.2, -0.15) is 5.10 Å². The van der Waals surface area contributed by atoms with Crippen molar-refractivity contribution >= 4 is 29.9 Å². The summed E-state index contributed by atoms with van der Waals surface area (Å²) in [6.45, 7) is 1.59. The van der Waals surface area contributed by atoms with E-state index in [4.69, 9.17) is 0 Å². The molecule has 1 unspecified atom stereocenters. The van der Waals surface area contributed by atoms with Gasteiger partial charge in [-0.1, -0.05) is 0 Å². The maximum atomic E-state index is 4.29. The molecule has 0 aliphatic carbocycles. The largest absolute Gasteiger partial charge is 0.353 e. The molecule has 0 radical (unpaired) electrons. The van der Waals surface area contributed by atoms with Crippen LogP contribution >= 0.6 is 24.0 Å². The third kappa shape index (κ3) is 3.79. The molecule has 2 N–H and O–H groups in total. The quantitative estimate of drug-likeness (QED) is 0.444. The predicted octanol–water partition coefficient (Wildman–Crippen LogP) is 0.915. The number of nitrogens with zero attached hydrogens (tertiary/aromatic N) is 5. The average Bonchev–Trinajstić information content (AvgIpc) is 3.11. The third-order valence-corrected chi connectivity index (χ3v) is 3.86. The maximum Gasteiger partial charge on any atom is 0.191 e. The minimum Gasteiger partial charge on any atom is -0.353 e. The second-order valence-corrected chi connectivity index (χ2v) is 5.27. The van der Waals surface area contributed by atoms with Crippen molar-refractivity contribution in [1.82, 2.24) is 30.0 Å². The van der Waals surface area contributed by atoms with Gasteiger partial charge in [0.2, 0.25) is 0 Å². The first kappa shape index (κ1) is 16.8. The molecule has 0 fully saturated rings. The molecule has 0 spiro atoms. The van der Waals surface area contributed by atoms with Crippen molar-refractivity contribution in [2.75, 3.05) is 7.05 Å². The van der Waals surface area contributed by atoms with Crippen LogP contribution < -0.4 is 10.6 Å². The zero-order chi connectivity index (χ0) is 14.7. The van der Waals surface area contributed by atoms with Crippen LogP contribution in [0.15, 0.2) is 29.6 Å². The summed E-state index contributed by atoms with van der Waals surface area (Å²) in [7, 11) is 3.84. The first-order chi connectivity index (χ1) is 10.3. The molecule has 0 saturated carbocycles. The second kappa shape index (κ2) is 7.61. The molecule has 1 aliphatic rings. The summed E-state index contributed by atoms with van der Waals surface area (Å²) in [5.41, 5.74) is 1.22. The number of hydrogen-bond donors (Lipinski definition) is 2. The van der Waals surface area contributed by atoms with Crippen LogP contribution in [0.25, 0.3) is 0 Å². The van der Waals surface area contributed by atoms with Gasteiger partial charge in [-0.25, -0.2) is 9.67 Å². The van der Waals surface area contributed by atoms with E-state index in [0.717, 1.165) is 37.7 Å². The number of fused-ring (bicyclic) bond motifs is 1. The van der Waals surface area contributed by atoms with Gasteiger partial charge in [0.05, 0.1) is 13.1 Å². The summed E-state index contributed by atoms with van der Waals surface area (Å²) in [5.74, 6) is 1.89. The van der Waals surface area contributed by atoms with Crippen molar-refractivity contribution in [2.45, 2.75) is 32.0 Å². The molecule has 0 amide bonds. The molecule has 1 atom stereocenters. The fourth-order valence-electron chi connectivity index (χ4n) is 2.60. The molecule has 3 rings (SSSR count). The van der Waals surface area contributed by atoms with Gasteiger partial charge < -0.3 is 15.2 Å². The van der Waals surface area contributed by atoms with Crippen LogP contribution in [0.5, 0.6) is 0 Å². The Balaban J connectivity index is 0.00000176. The van der Waals surface area contributed by atoms with Crippen LogP contribution in [0.4, 0.5) is 0 Å². The van der Waals surface area contributed by atoms with Crippen molar-refractivity contribution in [3.63, 3.8) is 0 Å². The average molecular weight is 415 g/mol. The van der Waals surface area contributed by atoms with Crippen molar-refractivity contribution in [2.24, 2.45) is 12.0 Å². The van der Waals surface area contributed by atoms with Gasteiger partial charge in [-0.05, 0) is 18.6 Å². The van der Waals surface area contributed by atoms with Crippen LogP contribution in [0.2, 0.25) is 0 Å². The lowest BCUT2D eigenvalue weighted by Gasteiger charge is -2.25. The second-order valence-electron chi connectivity index (χ2n) is 5.27. The first-order valence-corrected chi connectivity index (χ1v) is 7.20. The molecular weight excluding hydrogens is 393 g/mol. The zero-order valence-electron chi connectivity index (χ0n) is 12.9. The summed E-state index contributed by atoms with van der Waals surface area (Å²) in [5, 5.41) is 11.1. The standard InChI is InChI=1S/C14H21N7.HI/c1-15-14(16-8-12-4-3-7-20(12)2)19-11-5-6-13-17-10-18-21(13)9-11;/h3-4,7,10-11H,5-6,8-9H2,1-2H3,(H2,15,16,19);1H. The summed E-state index contributed by atoms with van der Waals surface area (Å²) < 4.78 is 4.06. The number of aromatic nitrogens is 4. The molecule has 120 valence electrons. The monoisotopic (exact) mass is 415 g/mol. The van der Waals surface area contributed by atoms with Crippen LogP contribution in [0, 0.1) is 0 Å². The van der Waals surface area contributed by atoms with E-state index in [0.29, 0.717) is 6.04 Å². The molecule has 2 aromatic rings. The number of aryl methyl sites for hydroxylation is 2. The number of aliphatic imine (C=N–C) groups is 1. The van der Waals surface area contributed by atoms with Crippen LogP contribution in [-0.2, 0) is 26.6 Å². The molecule has 0 bridgehead atoms. The van der Waals surface area contributed by atoms with E-state index >= 15 is 0 Å². The predicted molar refractivity (Wildman–Crippen MR) is 96.3 cm³/mol. The molecule has 1 aliphatic heterocycles. The van der Waals surface area contributed by atoms with Crippen molar-refractivity contribution in [3.05, 3.63) is 36.2 Å². The first-order valence-electron chi connectivity index (χ1n) is 7.20. The van der Waals surface area contributed by atoms with E-state index in [9.17, 15) is 0 Å². The summed E-state index contributed by atoms with van der Waals surface area (Å²) in [4.78, 5) is 8.54. The molecule has 0 aromatic carbocycles. The van der Waals surface area contributed by atoms with E-state index in [1.54, 1.807) is 13.4 Å². The fourth-order valence-corrected chi connectivity index (χ4v) is 2.60.